The van der Waals surface area contributed by atoms with E-state index in [4.69, 9.17) is 0 Å². The second-order valence-electron chi connectivity index (χ2n) is 6.09. The number of hydrogen-bond acceptors (Lipinski definition) is 3. The van der Waals surface area contributed by atoms with Crippen molar-refractivity contribution in [2.24, 2.45) is 5.92 Å². The molecule has 6 heteroatoms. The van der Waals surface area contributed by atoms with Gasteiger partial charge >= 0.3 is 0 Å². The largest absolute Gasteiger partial charge is 0.354 e. The highest BCUT2D eigenvalue weighted by Gasteiger charge is 2.17. The van der Waals surface area contributed by atoms with Crippen LogP contribution < -0.4 is 10.6 Å². The van der Waals surface area contributed by atoms with Crippen molar-refractivity contribution in [3.05, 3.63) is 35.9 Å². The fraction of sp³-hybridized carbons (Fsp3) is 0.588. The lowest BCUT2D eigenvalue weighted by atomic mass is 10.0. The summed E-state index contributed by atoms with van der Waals surface area (Å²) in [7, 11) is 4.10. The maximum absolute atomic E-state index is 12.0. The predicted octanol–water partition coefficient (Wildman–Crippen LogP) is 2.64. The van der Waals surface area contributed by atoms with Crippen LogP contribution in [0.15, 0.2) is 30.3 Å². The molecule has 2 rings (SSSR count). The zero-order valence-corrected chi connectivity index (χ0v) is 15.6. The molecule has 1 heterocycles. The number of benzene rings is 1. The van der Waals surface area contributed by atoms with E-state index in [2.05, 4.69) is 27.7 Å². The molecule has 0 aliphatic carbocycles. The number of likely N-dealkylation sites (N-methyl/N-ethyl adjacent to an activating group) is 1. The Morgan fingerprint density at radius 3 is 2.57 bits per heavy atom. The third-order valence-electron chi connectivity index (χ3n) is 4.24. The standard InChI is InChI=1S/C17H27N3O.2ClH/c1-20(2)16(15-6-4-3-5-7-15)13-19-17(21)9-8-14-10-11-18-12-14;;/h3-7,14,16,18H,8-13H2,1-2H3,(H,19,21);2*1H. The van der Waals surface area contributed by atoms with Crippen molar-refractivity contribution >= 4 is 30.7 Å². The average Bonchev–Trinajstić information content (AvgIpc) is 2.99. The van der Waals surface area contributed by atoms with Gasteiger partial charge in [0.1, 0.15) is 0 Å². The van der Waals surface area contributed by atoms with Crippen LogP contribution in [0.4, 0.5) is 0 Å². The van der Waals surface area contributed by atoms with Crippen LogP contribution in [0.2, 0.25) is 0 Å². The van der Waals surface area contributed by atoms with Crippen molar-refractivity contribution in [3.8, 4) is 0 Å². The van der Waals surface area contributed by atoms with Crippen molar-refractivity contribution in [3.63, 3.8) is 0 Å². The zero-order chi connectivity index (χ0) is 15.1. The highest BCUT2D eigenvalue weighted by atomic mass is 35.5. The van der Waals surface area contributed by atoms with Gasteiger partial charge in [0.05, 0.1) is 6.04 Å². The Balaban J connectivity index is 0.00000242. The summed E-state index contributed by atoms with van der Waals surface area (Å²) in [5.41, 5.74) is 1.24. The van der Waals surface area contributed by atoms with Gasteiger partial charge in [0, 0.05) is 13.0 Å². The normalized spacial score (nSPS) is 18.0. The first kappa shape index (κ1) is 22.2. The number of nitrogens with one attached hydrogen (secondary N) is 2. The first-order valence-electron chi connectivity index (χ1n) is 7.85. The van der Waals surface area contributed by atoms with Gasteiger partial charge in [0.25, 0.3) is 0 Å². The molecule has 0 radical (unpaired) electrons. The summed E-state index contributed by atoms with van der Waals surface area (Å²) in [5, 5.41) is 6.43. The number of halogens is 2. The molecule has 4 nitrogen and oxygen atoms in total. The third-order valence-corrected chi connectivity index (χ3v) is 4.24. The molecule has 0 aromatic heterocycles. The molecule has 1 aliphatic heterocycles. The van der Waals surface area contributed by atoms with Crippen LogP contribution in [0.5, 0.6) is 0 Å². The third kappa shape index (κ3) is 7.53. The molecule has 2 unspecified atom stereocenters. The van der Waals surface area contributed by atoms with E-state index in [1.807, 2.05) is 32.3 Å². The lowest BCUT2D eigenvalue weighted by Gasteiger charge is -2.25. The average molecular weight is 362 g/mol. The molecule has 0 spiro atoms. The molecule has 1 aromatic rings. The van der Waals surface area contributed by atoms with E-state index >= 15 is 0 Å². The maximum Gasteiger partial charge on any atom is 0.220 e. The molecule has 0 saturated carbocycles. The van der Waals surface area contributed by atoms with Gasteiger partial charge in [-0.15, -0.1) is 24.8 Å². The van der Waals surface area contributed by atoms with Gasteiger partial charge in [0.15, 0.2) is 0 Å². The molecule has 1 aliphatic rings. The van der Waals surface area contributed by atoms with Gasteiger partial charge in [-0.1, -0.05) is 30.3 Å². The molecule has 1 aromatic carbocycles. The van der Waals surface area contributed by atoms with Gasteiger partial charge < -0.3 is 15.5 Å². The Morgan fingerprint density at radius 1 is 1.30 bits per heavy atom. The zero-order valence-electron chi connectivity index (χ0n) is 14.0. The number of rotatable bonds is 7. The quantitative estimate of drug-likeness (QED) is 0.784. The summed E-state index contributed by atoms with van der Waals surface area (Å²) in [6.45, 7) is 2.83. The molecule has 1 fully saturated rings. The number of nitrogens with zero attached hydrogens (tertiary/aromatic N) is 1. The van der Waals surface area contributed by atoms with E-state index in [1.54, 1.807) is 0 Å². The molecule has 1 saturated heterocycles. The highest BCUT2D eigenvalue weighted by molar-refractivity contribution is 5.85. The molecule has 0 bridgehead atoms. The van der Waals surface area contributed by atoms with Crippen molar-refractivity contribution in [1.29, 1.82) is 0 Å². The fourth-order valence-electron chi connectivity index (χ4n) is 2.87. The van der Waals surface area contributed by atoms with Gasteiger partial charge in [-0.05, 0) is 51.5 Å². The summed E-state index contributed by atoms with van der Waals surface area (Å²) in [6, 6.07) is 10.6. The van der Waals surface area contributed by atoms with Crippen molar-refractivity contribution in [1.82, 2.24) is 15.5 Å². The van der Waals surface area contributed by atoms with Crippen molar-refractivity contribution in [2.75, 3.05) is 33.7 Å². The fourth-order valence-corrected chi connectivity index (χ4v) is 2.87. The molecule has 23 heavy (non-hydrogen) atoms. The number of amides is 1. The minimum atomic E-state index is 0. The maximum atomic E-state index is 12.0. The van der Waals surface area contributed by atoms with E-state index in [0.717, 1.165) is 19.5 Å². The number of hydrogen-bond donors (Lipinski definition) is 2. The van der Waals surface area contributed by atoms with Gasteiger partial charge in [-0.3, -0.25) is 4.79 Å². The smallest absolute Gasteiger partial charge is 0.220 e. The van der Waals surface area contributed by atoms with E-state index in [1.165, 1.54) is 12.0 Å². The van der Waals surface area contributed by atoms with Gasteiger partial charge in [-0.2, -0.15) is 0 Å². The van der Waals surface area contributed by atoms with Crippen LogP contribution in [0.25, 0.3) is 0 Å². The van der Waals surface area contributed by atoms with E-state index in [0.29, 0.717) is 18.9 Å². The predicted molar refractivity (Wildman–Crippen MR) is 101 cm³/mol. The summed E-state index contributed by atoms with van der Waals surface area (Å²) in [5.74, 6) is 0.846. The van der Waals surface area contributed by atoms with Crippen molar-refractivity contribution < 1.29 is 4.79 Å². The Morgan fingerprint density at radius 2 is 2.00 bits per heavy atom. The summed E-state index contributed by atoms with van der Waals surface area (Å²) in [4.78, 5) is 14.2. The molecular weight excluding hydrogens is 333 g/mol. The van der Waals surface area contributed by atoms with Crippen LogP contribution in [-0.2, 0) is 4.79 Å². The molecule has 2 atom stereocenters. The SMILES string of the molecule is CN(C)C(CNC(=O)CCC1CCNC1)c1ccccc1.Cl.Cl. The van der Waals surface area contributed by atoms with Gasteiger partial charge in [-0.25, -0.2) is 0 Å². The highest BCUT2D eigenvalue weighted by Crippen LogP contribution is 2.17. The van der Waals surface area contributed by atoms with Gasteiger partial charge in [0.2, 0.25) is 5.91 Å². The van der Waals surface area contributed by atoms with Crippen LogP contribution in [-0.4, -0.2) is 44.5 Å². The lowest BCUT2D eigenvalue weighted by molar-refractivity contribution is -0.121. The van der Waals surface area contributed by atoms with Crippen molar-refractivity contribution in [2.45, 2.75) is 25.3 Å². The lowest BCUT2D eigenvalue weighted by Crippen LogP contribution is -2.34. The van der Waals surface area contributed by atoms with Crippen LogP contribution >= 0.6 is 24.8 Å². The minimum absolute atomic E-state index is 0. The molecule has 2 N–H and O–H groups in total. The Kier molecular flexibility index (Phi) is 11.3. The Hall–Kier alpha value is -0.810. The minimum Gasteiger partial charge on any atom is -0.354 e. The van der Waals surface area contributed by atoms with E-state index < -0.39 is 0 Å². The van der Waals surface area contributed by atoms with E-state index in [9.17, 15) is 4.79 Å². The summed E-state index contributed by atoms with van der Waals surface area (Å²) < 4.78 is 0. The number of carbonyl (C=O) groups excluding carboxylic acids is 1. The van der Waals surface area contributed by atoms with Crippen LogP contribution in [0.3, 0.4) is 0 Å². The Labute approximate surface area is 152 Å². The molecule has 132 valence electrons. The van der Waals surface area contributed by atoms with E-state index in [-0.39, 0.29) is 36.8 Å². The van der Waals surface area contributed by atoms with Crippen LogP contribution in [0, 0.1) is 5.92 Å². The summed E-state index contributed by atoms with van der Waals surface area (Å²) >= 11 is 0. The topological polar surface area (TPSA) is 44.4 Å². The molecule has 1 amide bonds. The first-order valence-corrected chi connectivity index (χ1v) is 7.85. The Bertz CT molecular complexity index is 437. The second kappa shape index (κ2) is 11.7. The first-order chi connectivity index (χ1) is 10.2. The summed E-state index contributed by atoms with van der Waals surface area (Å²) in [6.07, 6.45) is 2.84. The van der Waals surface area contributed by atoms with Crippen LogP contribution in [0.1, 0.15) is 30.9 Å². The molecular formula is C17H29Cl2N3O. The second-order valence-corrected chi connectivity index (χ2v) is 6.09. The number of carbonyl (C=O) groups is 1. The monoisotopic (exact) mass is 361 g/mol.